The van der Waals surface area contributed by atoms with Gasteiger partial charge >= 0.3 is 6.03 Å². The van der Waals surface area contributed by atoms with E-state index in [1.54, 1.807) is 23.2 Å². The molecule has 2 aliphatic rings. The molecule has 3 aromatic rings. The van der Waals surface area contributed by atoms with Gasteiger partial charge in [-0.15, -0.1) is 11.3 Å². The van der Waals surface area contributed by atoms with Crippen molar-refractivity contribution in [1.82, 2.24) is 20.1 Å². The Morgan fingerprint density at radius 1 is 1.15 bits per heavy atom. The van der Waals surface area contributed by atoms with E-state index in [4.69, 9.17) is 4.98 Å². The van der Waals surface area contributed by atoms with Gasteiger partial charge in [-0.2, -0.15) is 0 Å². The van der Waals surface area contributed by atoms with Gasteiger partial charge in [-0.3, -0.25) is 14.5 Å². The van der Waals surface area contributed by atoms with Crippen LogP contribution in [0.4, 0.5) is 9.18 Å². The fraction of sp³-hybridized carbons (Fsp3) is 0.333. The first kappa shape index (κ1) is 21.5. The average molecular weight is 467 g/mol. The lowest BCUT2D eigenvalue weighted by molar-refractivity contribution is -0.139. The highest BCUT2D eigenvalue weighted by molar-refractivity contribution is 7.18. The molecule has 2 fully saturated rings. The van der Waals surface area contributed by atoms with Gasteiger partial charge in [0.15, 0.2) is 0 Å². The summed E-state index contributed by atoms with van der Waals surface area (Å²) in [5, 5.41) is 3.74. The highest BCUT2D eigenvalue weighted by atomic mass is 32.1. The van der Waals surface area contributed by atoms with Gasteiger partial charge in [0.1, 0.15) is 17.9 Å². The molecule has 170 valence electrons. The van der Waals surface area contributed by atoms with Crippen LogP contribution in [-0.4, -0.2) is 52.3 Å². The Morgan fingerprint density at radius 3 is 2.55 bits per heavy atom. The van der Waals surface area contributed by atoms with Crippen molar-refractivity contribution in [2.24, 2.45) is 0 Å². The van der Waals surface area contributed by atoms with Crippen LogP contribution in [0.25, 0.3) is 10.2 Å². The van der Waals surface area contributed by atoms with Crippen molar-refractivity contribution in [1.29, 1.82) is 0 Å². The number of halogens is 1. The van der Waals surface area contributed by atoms with Gasteiger partial charge in [-0.1, -0.05) is 24.3 Å². The molecule has 9 heteroatoms. The molecule has 1 unspecified atom stereocenters. The minimum absolute atomic E-state index is 0.260. The zero-order chi connectivity index (χ0) is 23.2. The average Bonchev–Trinajstić information content (AvgIpc) is 3.35. The summed E-state index contributed by atoms with van der Waals surface area (Å²) in [7, 11) is 0. The number of piperidine rings is 1. The van der Waals surface area contributed by atoms with Gasteiger partial charge < -0.3 is 10.2 Å². The molecule has 7 nitrogen and oxygen atoms in total. The summed E-state index contributed by atoms with van der Waals surface area (Å²) in [6.45, 7) is 2.36. The van der Waals surface area contributed by atoms with Crippen LogP contribution in [0.1, 0.15) is 36.3 Å². The summed E-state index contributed by atoms with van der Waals surface area (Å²) in [5.41, 5.74) is 0.137. The predicted octanol–water partition coefficient (Wildman–Crippen LogP) is 3.61. The fourth-order valence-corrected chi connectivity index (χ4v) is 5.63. The largest absolute Gasteiger partial charge is 0.341 e. The van der Waals surface area contributed by atoms with E-state index in [0.717, 1.165) is 33.0 Å². The van der Waals surface area contributed by atoms with Gasteiger partial charge in [0, 0.05) is 19.0 Å². The smallest absolute Gasteiger partial charge is 0.325 e. The number of carbonyl (C=O) groups excluding carboxylic acids is 3. The number of aromatic nitrogens is 1. The van der Waals surface area contributed by atoms with Crippen LogP contribution in [0.3, 0.4) is 0 Å². The number of carbonyl (C=O) groups is 3. The van der Waals surface area contributed by atoms with Crippen LogP contribution < -0.4 is 5.32 Å². The molecule has 0 bridgehead atoms. The molecule has 0 saturated carbocycles. The SMILES string of the molecule is CC1(c2ccc(F)cc2)NC(=O)N(CC(=O)N2CCC(c3nc4ccccc4s3)CC2)C1=O. The lowest BCUT2D eigenvalue weighted by atomic mass is 9.92. The number of hydrogen-bond donors (Lipinski definition) is 1. The molecule has 1 atom stereocenters. The molecule has 2 saturated heterocycles. The Labute approximate surface area is 194 Å². The summed E-state index contributed by atoms with van der Waals surface area (Å²) in [5.74, 6) is -0.910. The third-order valence-corrected chi connectivity index (χ3v) is 7.70. The van der Waals surface area contributed by atoms with Gasteiger partial charge in [0.05, 0.1) is 15.2 Å². The normalized spacial score (nSPS) is 21.6. The molecular weight excluding hydrogens is 443 g/mol. The number of benzene rings is 2. The van der Waals surface area contributed by atoms with Crippen molar-refractivity contribution >= 4 is 39.4 Å². The fourth-order valence-electron chi connectivity index (χ4n) is 4.50. The topological polar surface area (TPSA) is 82.6 Å². The highest BCUT2D eigenvalue weighted by Crippen LogP contribution is 2.34. The van der Waals surface area contributed by atoms with E-state index in [1.807, 2.05) is 18.2 Å². The molecule has 2 aromatic carbocycles. The van der Waals surface area contributed by atoms with Crippen molar-refractivity contribution in [3.63, 3.8) is 0 Å². The molecule has 2 aliphatic heterocycles. The summed E-state index contributed by atoms with van der Waals surface area (Å²) >= 11 is 1.69. The molecule has 0 radical (unpaired) electrons. The third-order valence-electron chi connectivity index (χ3n) is 6.50. The zero-order valence-corrected chi connectivity index (χ0v) is 18.9. The number of hydrogen-bond acceptors (Lipinski definition) is 5. The molecule has 5 rings (SSSR count). The number of amides is 4. The Hall–Kier alpha value is -3.33. The Balaban J connectivity index is 1.22. The molecule has 0 spiro atoms. The molecule has 3 heterocycles. The highest BCUT2D eigenvalue weighted by Gasteiger charge is 2.49. The second-order valence-corrected chi connectivity index (χ2v) is 9.69. The first-order chi connectivity index (χ1) is 15.8. The number of likely N-dealkylation sites (tertiary alicyclic amines) is 1. The van der Waals surface area contributed by atoms with Crippen LogP contribution in [-0.2, 0) is 15.1 Å². The van der Waals surface area contributed by atoms with E-state index < -0.39 is 23.3 Å². The molecule has 0 aliphatic carbocycles. The van der Waals surface area contributed by atoms with Gasteiger partial charge in [0.2, 0.25) is 5.91 Å². The molecule has 1 N–H and O–H groups in total. The Morgan fingerprint density at radius 2 is 1.85 bits per heavy atom. The summed E-state index contributed by atoms with van der Waals surface area (Å²) in [6, 6.07) is 12.8. The predicted molar refractivity (Wildman–Crippen MR) is 122 cm³/mol. The molecular formula is C24H23FN4O3S. The van der Waals surface area contributed by atoms with E-state index in [0.29, 0.717) is 24.6 Å². The number of para-hydroxylation sites is 1. The van der Waals surface area contributed by atoms with Gasteiger partial charge in [-0.05, 0) is 49.6 Å². The minimum Gasteiger partial charge on any atom is -0.341 e. The van der Waals surface area contributed by atoms with Crippen molar-refractivity contribution < 1.29 is 18.8 Å². The maximum absolute atomic E-state index is 13.3. The number of rotatable bonds is 4. The summed E-state index contributed by atoms with van der Waals surface area (Å²) < 4.78 is 14.4. The van der Waals surface area contributed by atoms with Crippen LogP contribution in [0.15, 0.2) is 48.5 Å². The van der Waals surface area contributed by atoms with E-state index in [-0.39, 0.29) is 12.5 Å². The lowest BCUT2D eigenvalue weighted by Crippen LogP contribution is -2.46. The summed E-state index contributed by atoms with van der Waals surface area (Å²) in [6.07, 6.45) is 1.58. The maximum atomic E-state index is 13.3. The molecule has 4 amide bonds. The number of thiazole rings is 1. The van der Waals surface area contributed by atoms with E-state index >= 15 is 0 Å². The van der Waals surface area contributed by atoms with Crippen molar-refractivity contribution in [2.45, 2.75) is 31.2 Å². The van der Waals surface area contributed by atoms with Crippen LogP contribution in [0, 0.1) is 5.82 Å². The molecule has 1 aromatic heterocycles. The summed E-state index contributed by atoms with van der Waals surface area (Å²) in [4.78, 5) is 45.9. The van der Waals surface area contributed by atoms with E-state index in [9.17, 15) is 18.8 Å². The second kappa shape index (κ2) is 8.22. The zero-order valence-electron chi connectivity index (χ0n) is 18.1. The minimum atomic E-state index is -1.33. The number of nitrogens with zero attached hydrogens (tertiary/aromatic N) is 3. The maximum Gasteiger partial charge on any atom is 0.325 e. The molecule has 33 heavy (non-hydrogen) atoms. The van der Waals surface area contributed by atoms with E-state index in [1.165, 1.54) is 24.3 Å². The third kappa shape index (κ3) is 3.86. The Kier molecular flexibility index (Phi) is 5.36. The van der Waals surface area contributed by atoms with Gasteiger partial charge in [-0.25, -0.2) is 14.2 Å². The first-order valence-electron chi connectivity index (χ1n) is 10.9. The van der Waals surface area contributed by atoms with Crippen molar-refractivity contribution in [3.8, 4) is 0 Å². The quantitative estimate of drug-likeness (QED) is 0.596. The standard InChI is InChI=1S/C24H23FN4O3S/c1-24(16-6-8-17(25)9-7-16)22(31)29(23(32)27-24)14-20(30)28-12-10-15(11-13-28)21-26-18-4-2-3-5-19(18)33-21/h2-9,15H,10-14H2,1H3,(H,27,32). The van der Waals surface area contributed by atoms with Crippen LogP contribution >= 0.6 is 11.3 Å². The Bertz CT molecular complexity index is 1200. The van der Waals surface area contributed by atoms with Crippen LogP contribution in [0.5, 0.6) is 0 Å². The first-order valence-corrected chi connectivity index (χ1v) is 11.7. The van der Waals surface area contributed by atoms with Crippen LogP contribution in [0.2, 0.25) is 0 Å². The monoisotopic (exact) mass is 466 g/mol. The van der Waals surface area contributed by atoms with Gasteiger partial charge in [0.25, 0.3) is 5.91 Å². The lowest BCUT2D eigenvalue weighted by Gasteiger charge is -2.32. The van der Waals surface area contributed by atoms with Crippen molar-refractivity contribution in [2.75, 3.05) is 19.6 Å². The van der Waals surface area contributed by atoms with E-state index in [2.05, 4.69) is 11.4 Å². The second-order valence-electron chi connectivity index (χ2n) is 8.63. The van der Waals surface area contributed by atoms with Crippen molar-refractivity contribution in [3.05, 3.63) is 64.9 Å². The number of imide groups is 1. The number of nitrogens with one attached hydrogen (secondary N) is 1. The number of urea groups is 1. The number of fused-ring (bicyclic) bond motifs is 1.